The molecule has 0 spiro atoms. The third-order valence-electron chi connectivity index (χ3n) is 2.52. The van der Waals surface area contributed by atoms with Gasteiger partial charge in [-0.25, -0.2) is 15.6 Å². The topological polar surface area (TPSA) is 65.5 Å². The molecule has 0 aliphatic carbocycles. The Morgan fingerprint density at radius 2 is 1.65 bits per heavy atom. The lowest BCUT2D eigenvalue weighted by atomic mass is 10.2. The number of rotatable bonds is 5. The lowest BCUT2D eigenvalue weighted by Gasteiger charge is -2.06. The van der Waals surface area contributed by atoms with Crippen molar-refractivity contribution in [1.82, 2.24) is 16.3 Å². The van der Waals surface area contributed by atoms with Crippen LogP contribution in [-0.4, -0.2) is 12.2 Å². The summed E-state index contributed by atoms with van der Waals surface area (Å²) in [5, 5.41) is 3.84. The number of hydrazone groups is 1. The van der Waals surface area contributed by atoms with E-state index in [-0.39, 0.29) is 0 Å². The standard InChI is InChI=1S/C15H16N4O/c20-15(18-16-11-13-7-3-1-4-8-13)19-17-12-14-9-5-2-6-10-14/h1-11,17H,12H2,(H2,18,19,20). The molecule has 20 heavy (non-hydrogen) atoms. The quantitative estimate of drug-likeness (QED) is 0.574. The molecule has 2 amide bonds. The van der Waals surface area contributed by atoms with E-state index >= 15 is 0 Å². The van der Waals surface area contributed by atoms with Gasteiger partial charge in [-0.2, -0.15) is 5.10 Å². The number of amides is 2. The van der Waals surface area contributed by atoms with E-state index in [1.807, 2.05) is 60.7 Å². The van der Waals surface area contributed by atoms with E-state index in [0.29, 0.717) is 6.54 Å². The van der Waals surface area contributed by atoms with Crippen LogP contribution in [0.5, 0.6) is 0 Å². The van der Waals surface area contributed by atoms with Gasteiger partial charge >= 0.3 is 6.03 Å². The zero-order chi connectivity index (χ0) is 14.0. The number of urea groups is 1. The Labute approximate surface area is 117 Å². The monoisotopic (exact) mass is 268 g/mol. The highest BCUT2D eigenvalue weighted by atomic mass is 16.2. The van der Waals surface area contributed by atoms with Crippen LogP contribution in [0, 0.1) is 0 Å². The molecule has 0 saturated carbocycles. The second-order valence-electron chi connectivity index (χ2n) is 4.07. The molecule has 2 aromatic rings. The molecule has 0 heterocycles. The highest BCUT2D eigenvalue weighted by molar-refractivity contribution is 5.81. The molecule has 0 aromatic heterocycles. The Kier molecular flexibility index (Phi) is 5.30. The van der Waals surface area contributed by atoms with Gasteiger partial charge in [-0.15, -0.1) is 0 Å². The third kappa shape index (κ3) is 4.91. The van der Waals surface area contributed by atoms with E-state index in [4.69, 9.17) is 0 Å². The van der Waals surface area contributed by atoms with Crippen LogP contribution in [0.15, 0.2) is 65.8 Å². The SMILES string of the molecule is O=C(NN=Cc1ccccc1)NNCc1ccccc1. The maximum Gasteiger partial charge on any atom is 0.349 e. The molecular formula is C15H16N4O. The number of benzene rings is 2. The van der Waals surface area contributed by atoms with Crippen molar-refractivity contribution in [2.75, 3.05) is 0 Å². The molecule has 0 aliphatic heterocycles. The fraction of sp³-hybridized carbons (Fsp3) is 0.0667. The molecule has 0 aliphatic rings. The van der Waals surface area contributed by atoms with Crippen LogP contribution < -0.4 is 16.3 Å². The van der Waals surface area contributed by atoms with Crippen LogP contribution in [0.3, 0.4) is 0 Å². The van der Waals surface area contributed by atoms with Crippen LogP contribution in [0.2, 0.25) is 0 Å². The Morgan fingerprint density at radius 1 is 1.00 bits per heavy atom. The van der Waals surface area contributed by atoms with Gasteiger partial charge in [-0.1, -0.05) is 60.7 Å². The van der Waals surface area contributed by atoms with E-state index < -0.39 is 6.03 Å². The lowest BCUT2D eigenvalue weighted by Crippen LogP contribution is -2.41. The molecule has 0 bridgehead atoms. The summed E-state index contributed by atoms with van der Waals surface area (Å²) in [7, 11) is 0. The van der Waals surface area contributed by atoms with E-state index in [1.54, 1.807) is 6.21 Å². The van der Waals surface area contributed by atoms with Crippen molar-refractivity contribution >= 4 is 12.2 Å². The third-order valence-corrected chi connectivity index (χ3v) is 2.52. The number of carbonyl (C=O) groups excluding carboxylic acids is 1. The van der Waals surface area contributed by atoms with Gasteiger partial charge in [0.15, 0.2) is 0 Å². The normalized spacial score (nSPS) is 10.4. The zero-order valence-corrected chi connectivity index (χ0v) is 10.9. The van der Waals surface area contributed by atoms with E-state index in [2.05, 4.69) is 21.4 Å². The zero-order valence-electron chi connectivity index (χ0n) is 10.9. The minimum atomic E-state index is -0.409. The van der Waals surface area contributed by atoms with Crippen molar-refractivity contribution in [3.8, 4) is 0 Å². The molecule has 0 atom stereocenters. The van der Waals surface area contributed by atoms with Gasteiger partial charge in [0.25, 0.3) is 0 Å². The fourth-order valence-corrected chi connectivity index (χ4v) is 1.55. The largest absolute Gasteiger partial charge is 0.349 e. The lowest BCUT2D eigenvalue weighted by molar-refractivity contribution is 0.236. The second-order valence-corrected chi connectivity index (χ2v) is 4.07. The first kappa shape index (κ1) is 13.8. The highest BCUT2D eigenvalue weighted by Crippen LogP contribution is 1.96. The molecule has 2 aromatic carbocycles. The predicted molar refractivity (Wildman–Crippen MR) is 79.0 cm³/mol. The Balaban J connectivity index is 1.67. The average molecular weight is 268 g/mol. The summed E-state index contributed by atoms with van der Waals surface area (Å²) in [4.78, 5) is 11.4. The van der Waals surface area contributed by atoms with E-state index in [0.717, 1.165) is 11.1 Å². The molecular weight excluding hydrogens is 252 g/mol. The maximum atomic E-state index is 11.4. The number of nitrogens with one attached hydrogen (secondary N) is 3. The van der Waals surface area contributed by atoms with Crippen molar-refractivity contribution < 1.29 is 4.79 Å². The Morgan fingerprint density at radius 3 is 2.35 bits per heavy atom. The minimum absolute atomic E-state index is 0.409. The van der Waals surface area contributed by atoms with Crippen molar-refractivity contribution in [2.24, 2.45) is 5.10 Å². The average Bonchev–Trinajstić information content (AvgIpc) is 2.49. The number of hydrazine groups is 1. The smallest absolute Gasteiger partial charge is 0.271 e. The van der Waals surface area contributed by atoms with Gasteiger partial charge in [0, 0.05) is 6.54 Å². The Hall–Kier alpha value is -2.66. The van der Waals surface area contributed by atoms with Crippen molar-refractivity contribution in [2.45, 2.75) is 6.54 Å². The van der Waals surface area contributed by atoms with Gasteiger partial charge < -0.3 is 0 Å². The first-order valence-corrected chi connectivity index (χ1v) is 6.25. The van der Waals surface area contributed by atoms with Crippen LogP contribution in [0.4, 0.5) is 4.79 Å². The van der Waals surface area contributed by atoms with Crippen molar-refractivity contribution in [3.63, 3.8) is 0 Å². The molecule has 0 unspecified atom stereocenters. The molecule has 0 saturated heterocycles. The number of nitrogens with zero attached hydrogens (tertiary/aromatic N) is 1. The second kappa shape index (κ2) is 7.70. The van der Waals surface area contributed by atoms with Crippen LogP contribution >= 0.6 is 0 Å². The maximum absolute atomic E-state index is 11.4. The summed E-state index contributed by atoms with van der Waals surface area (Å²) in [5.41, 5.74) is 9.70. The summed E-state index contributed by atoms with van der Waals surface area (Å²) in [6.45, 7) is 0.552. The molecule has 5 heteroatoms. The molecule has 102 valence electrons. The van der Waals surface area contributed by atoms with Crippen LogP contribution in [-0.2, 0) is 6.54 Å². The van der Waals surface area contributed by atoms with Gasteiger partial charge in [0.2, 0.25) is 0 Å². The Bertz CT molecular complexity index is 555. The molecule has 3 N–H and O–H groups in total. The highest BCUT2D eigenvalue weighted by Gasteiger charge is 1.96. The fourth-order valence-electron chi connectivity index (χ4n) is 1.55. The van der Waals surface area contributed by atoms with Crippen molar-refractivity contribution in [3.05, 3.63) is 71.8 Å². The first-order valence-electron chi connectivity index (χ1n) is 6.25. The first-order chi connectivity index (χ1) is 9.84. The molecule has 2 rings (SSSR count). The predicted octanol–water partition coefficient (Wildman–Crippen LogP) is 2.02. The summed E-state index contributed by atoms with van der Waals surface area (Å²) >= 11 is 0. The van der Waals surface area contributed by atoms with Crippen molar-refractivity contribution in [1.29, 1.82) is 0 Å². The van der Waals surface area contributed by atoms with E-state index in [1.165, 1.54) is 0 Å². The molecule has 0 radical (unpaired) electrons. The van der Waals surface area contributed by atoms with E-state index in [9.17, 15) is 4.79 Å². The number of hydrogen-bond acceptors (Lipinski definition) is 3. The number of carbonyl (C=O) groups is 1. The molecule has 0 fully saturated rings. The van der Waals surface area contributed by atoms with Crippen LogP contribution in [0.25, 0.3) is 0 Å². The molecule has 5 nitrogen and oxygen atoms in total. The summed E-state index contributed by atoms with van der Waals surface area (Å²) < 4.78 is 0. The van der Waals surface area contributed by atoms with Gasteiger partial charge in [0.1, 0.15) is 0 Å². The van der Waals surface area contributed by atoms with Gasteiger partial charge in [-0.05, 0) is 11.1 Å². The minimum Gasteiger partial charge on any atom is -0.271 e. The number of hydrogen-bond donors (Lipinski definition) is 3. The van der Waals surface area contributed by atoms with Gasteiger partial charge in [-0.3, -0.25) is 5.43 Å². The summed E-state index contributed by atoms with van der Waals surface area (Å²) in [6.07, 6.45) is 1.58. The van der Waals surface area contributed by atoms with Gasteiger partial charge in [0.05, 0.1) is 6.21 Å². The summed E-state index contributed by atoms with van der Waals surface area (Å²) in [5.74, 6) is 0. The summed E-state index contributed by atoms with van der Waals surface area (Å²) in [6, 6.07) is 18.9. The van der Waals surface area contributed by atoms with Crippen LogP contribution in [0.1, 0.15) is 11.1 Å².